The second-order valence-corrected chi connectivity index (χ2v) is 7.32. The first kappa shape index (κ1) is 18.4. The second-order valence-electron chi connectivity index (χ2n) is 7.00. The highest BCUT2D eigenvalue weighted by Crippen LogP contribution is 2.57. The van der Waals surface area contributed by atoms with Crippen molar-refractivity contribution >= 4 is 30.2 Å². The summed E-state index contributed by atoms with van der Waals surface area (Å²) in [4.78, 5) is 24.6. The number of esters is 1. The van der Waals surface area contributed by atoms with Gasteiger partial charge in [0, 0.05) is 34.5 Å². The topological polar surface area (TPSA) is 105 Å². The maximum absolute atomic E-state index is 12.8. The van der Waals surface area contributed by atoms with Crippen molar-refractivity contribution in [3.05, 3.63) is 76.9 Å². The van der Waals surface area contributed by atoms with Crippen molar-refractivity contribution in [2.45, 2.75) is 5.60 Å². The number of nitrogens with one attached hydrogen (secondary N) is 1. The minimum atomic E-state index is -1.36. The van der Waals surface area contributed by atoms with E-state index in [2.05, 4.69) is 17.9 Å². The van der Waals surface area contributed by atoms with Crippen molar-refractivity contribution in [1.29, 1.82) is 0 Å². The summed E-state index contributed by atoms with van der Waals surface area (Å²) in [5.41, 5.74) is 1.02. The van der Waals surface area contributed by atoms with E-state index < -0.39 is 11.6 Å². The van der Waals surface area contributed by atoms with Gasteiger partial charge in [-0.2, -0.15) is 12.6 Å². The zero-order valence-electron chi connectivity index (χ0n) is 15.4. The number of amides is 1. The minimum Gasteiger partial charge on any atom is -0.508 e. The zero-order valence-corrected chi connectivity index (χ0v) is 16.3. The standard InChI is InChI=1S/C22H15NO6S/c24-12-2-5-15-18(8-12)28-19-9-13(25)3-6-16(19)22(15)17-7-11(23-20(26)10-30)1-4-14(17)21(27)29-22/h1-9,24-25,30H,10H2,(H,23,26). The van der Waals surface area contributed by atoms with Gasteiger partial charge in [0.05, 0.1) is 11.3 Å². The van der Waals surface area contributed by atoms with E-state index in [9.17, 15) is 19.8 Å². The summed E-state index contributed by atoms with van der Waals surface area (Å²) < 4.78 is 11.9. The van der Waals surface area contributed by atoms with Crippen molar-refractivity contribution in [1.82, 2.24) is 0 Å². The predicted molar refractivity (Wildman–Crippen MR) is 111 cm³/mol. The Morgan fingerprint density at radius 1 is 0.933 bits per heavy atom. The maximum Gasteiger partial charge on any atom is 0.340 e. The van der Waals surface area contributed by atoms with Crippen LogP contribution in [0.5, 0.6) is 23.0 Å². The molecule has 0 bridgehead atoms. The first-order chi connectivity index (χ1) is 14.4. The Kier molecular flexibility index (Phi) is 3.94. The fourth-order valence-corrected chi connectivity index (χ4v) is 4.06. The Morgan fingerprint density at radius 2 is 1.57 bits per heavy atom. The monoisotopic (exact) mass is 421 g/mol. The normalized spacial score (nSPS) is 14.9. The molecule has 0 atom stereocenters. The van der Waals surface area contributed by atoms with Crippen LogP contribution in [0.25, 0.3) is 0 Å². The molecular formula is C22H15NO6S. The van der Waals surface area contributed by atoms with Gasteiger partial charge < -0.3 is 25.0 Å². The average molecular weight is 421 g/mol. The van der Waals surface area contributed by atoms with E-state index in [1.54, 1.807) is 30.3 Å². The molecule has 7 nitrogen and oxygen atoms in total. The number of thiol groups is 1. The molecule has 0 radical (unpaired) electrons. The van der Waals surface area contributed by atoms with Crippen molar-refractivity contribution in [3.8, 4) is 23.0 Å². The van der Waals surface area contributed by atoms with E-state index in [0.717, 1.165) is 0 Å². The molecule has 1 spiro atoms. The summed E-state index contributed by atoms with van der Waals surface area (Å²) in [6.45, 7) is 0. The van der Waals surface area contributed by atoms with Gasteiger partial charge in [-0.3, -0.25) is 4.79 Å². The number of anilines is 1. The molecule has 0 fully saturated rings. The van der Waals surface area contributed by atoms with Crippen LogP contribution in [0, 0.1) is 0 Å². The molecule has 30 heavy (non-hydrogen) atoms. The largest absolute Gasteiger partial charge is 0.508 e. The molecule has 150 valence electrons. The van der Waals surface area contributed by atoms with E-state index >= 15 is 0 Å². The highest BCUT2D eigenvalue weighted by Gasteiger charge is 2.53. The Bertz CT molecular complexity index is 1190. The molecule has 2 aliphatic rings. The van der Waals surface area contributed by atoms with E-state index in [-0.39, 0.29) is 23.2 Å². The molecule has 5 rings (SSSR count). The SMILES string of the molecule is O=C(CS)Nc1ccc2c(c1)C1(OC2=O)c2ccc(O)cc2Oc2cc(O)ccc21. The summed E-state index contributed by atoms with van der Waals surface area (Å²) in [6, 6.07) is 13.9. The molecular weight excluding hydrogens is 406 g/mol. The van der Waals surface area contributed by atoms with Crippen LogP contribution in [-0.4, -0.2) is 27.8 Å². The van der Waals surface area contributed by atoms with E-state index in [0.29, 0.717) is 39.4 Å². The lowest BCUT2D eigenvalue weighted by Crippen LogP contribution is -2.33. The lowest BCUT2D eigenvalue weighted by molar-refractivity contribution is -0.113. The van der Waals surface area contributed by atoms with Crippen molar-refractivity contribution in [2.75, 3.05) is 11.1 Å². The first-order valence-corrected chi connectivity index (χ1v) is 9.69. The number of phenolic OH excluding ortho intramolecular Hbond substituents is 2. The lowest BCUT2D eigenvalue weighted by atomic mass is 9.77. The number of phenols is 2. The Balaban J connectivity index is 1.81. The van der Waals surface area contributed by atoms with Crippen LogP contribution in [0.15, 0.2) is 54.6 Å². The van der Waals surface area contributed by atoms with Crippen LogP contribution in [0.4, 0.5) is 5.69 Å². The summed E-state index contributed by atoms with van der Waals surface area (Å²) >= 11 is 3.98. The van der Waals surface area contributed by atoms with Gasteiger partial charge in [0.2, 0.25) is 5.91 Å². The number of hydrogen-bond acceptors (Lipinski definition) is 7. The van der Waals surface area contributed by atoms with Crippen LogP contribution in [0.1, 0.15) is 27.0 Å². The lowest BCUT2D eigenvalue weighted by Gasteiger charge is -2.36. The van der Waals surface area contributed by atoms with Gasteiger partial charge in [-0.1, -0.05) is 0 Å². The number of ether oxygens (including phenoxy) is 2. The van der Waals surface area contributed by atoms with Crippen LogP contribution in [0.3, 0.4) is 0 Å². The Hall–Kier alpha value is -3.65. The third-order valence-corrected chi connectivity index (χ3v) is 5.49. The van der Waals surface area contributed by atoms with Gasteiger partial charge >= 0.3 is 5.97 Å². The third-order valence-electron chi connectivity index (χ3n) is 5.20. The van der Waals surface area contributed by atoms with Crippen LogP contribution >= 0.6 is 12.6 Å². The van der Waals surface area contributed by atoms with Gasteiger partial charge in [0.15, 0.2) is 5.60 Å². The third kappa shape index (κ3) is 2.54. The highest BCUT2D eigenvalue weighted by atomic mass is 32.1. The quantitative estimate of drug-likeness (QED) is 0.373. The molecule has 2 heterocycles. The predicted octanol–water partition coefficient (Wildman–Crippen LogP) is 3.53. The molecule has 0 aromatic heterocycles. The fourth-order valence-electron chi connectivity index (χ4n) is 3.98. The molecule has 3 aromatic carbocycles. The van der Waals surface area contributed by atoms with Gasteiger partial charge in [0.25, 0.3) is 0 Å². The van der Waals surface area contributed by atoms with Crippen molar-refractivity contribution in [2.24, 2.45) is 0 Å². The number of hydrogen-bond donors (Lipinski definition) is 4. The number of fused-ring (bicyclic) bond motifs is 6. The smallest absolute Gasteiger partial charge is 0.340 e. The Labute approximate surface area is 176 Å². The van der Waals surface area contributed by atoms with E-state index in [4.69, 9.17) is 9.47 Å². The van der Waals surface area contributed by atoms with Crippen LogP contribution in [0.2, 0.25) is 0 Å². The van der Waals surface area contributed by atoms with Crippen LogP contribution in [-0.2, 0) is 15.1 Å². The average Bonchev–Trinajstić information content (AvgIpc) is 3.00. The summed E-state index contributed by atoms with van der Waals surface area (Å²) in [6.07, 6.45) is 0. The number of aromatic hydroxyl groups is 2. The van der Waals surface area contributed by atoms with Gasteiger partial charge in [-0.25, -0.2) is 4.79 Å². The summed E-state index contributed by atoms with van der Waals surface area (Å²) in [7, 11) is 0. The minimum absolute atomic E-state index is 0.00964. The zero-order chi connectivity index (χ0) is 21.0. The molecule has 1 amide bonds. The summed E-state index contributed by atoms with van der Waals surface area (Å²) in [5.74, 6) is -0.275. The maximum atomic E-state index is 12.8. The molecule has 3 aromatic rings. The first-order valence-electron chi connectivity index (χ1n) is 9.06. The van der Waals surface area contributed by atoms with Crippen LogP contribution < -0.4 is 10.1 Å². The molecule has 0 saturated carbocycles. The fraction of sp³-hybridized carbons (Fsp3) is 0.0909. The second kappa shape index (κ2) is 6.43. The molecule has 8 heteroatoms. The molecule has 0 aliphatic carbocycles. The summed E-state index contributed by atoms with van der Waals surface area (Å²) in [5, 5.41) is 22.6. The van der Waals surface area contributed by atoms with E-state index in [1.807, 2.05) is 0 Å². The number of carbonyl (C=O) groups excluding carboxylic acids is 2. The number of carbonyl (C=O) groups is 2. The number of benzene rings is 3. The van der Waals surface area contributed by atoms with Gasteiger partial charge in [-0.05, 0) is 42.5 Å². The van der Waals surface area contributed by atoms with E-state index in [1.165, 1.54) is 24.3 Å². The molecule has 2 aliphatic heterocycles. The number of rotatable bonds is 2. The van der Waals surface area contributed by atoms with Gasteiger partial charge in [0.1, 0.15) is 23.0 Å². The molecule has 3 N–H and O–H groups in total. The molecule has 0 saturated heterocycles. The molecule has 0 unspecified atom stereocenters. The highest BCUT2D eigenvalue weighted by molar-refractivity contribution is 7.81. The van der Waals surface area contributed by atoms with Crippen molar-refractivity contribution < 1.29 is 29.3 Å². The Morgan fingerprint density at radius 3 is 2.17 bits per heavy atom. The van der Waals surface area contributed by atoms with Crippen molar-refractivity contribution in [3.63, 3.8) is 0 Å². The van der Waals surface area contributed by atoms with Gasteiger partial charge in [-0.15, -0.1) is 0 Å².